The van der Waals surface area contributed by atoms with Crippen molar-refractivity contribution in [2.24, 2.45) is 0 Å². The third-order valence-electron chi connectivity index (χ3n) is 0.969. The lowest BCUT2D eigenvalue weighted by Gasteiger charge is -1.99. The van der Waals surface area contributed by atoms with E-state index in [0.29, 0.717) is 6.54 Å². The molecule has 0 aliphatic heterocycles. The van der Waals surface area contributed by atoms with Crippen molar-refractivity contribution in [3.05, 3.63) is 0 Å². The van der Waals surface area contributed by atoms with Crippen LogP contribution in [0.2, 0.25) is 0 Å². The summed E-state index contributed by atoms with van der Waals surface area (Å²) in [5.74, 6) is 1.66. The average Bonchev–Trinajstić information content (AvgIpc) is 1.96. The van der Waals surface area contributed by atoms with Crippen molar-refractivity contribution in [2.45, 2.75) is 6.42 Å². The molecule has 1 amide bonds. The summed E-state index contributed by atoms with van der Waals surface area (Å²) < 4.78 is 0. The SMILES string of the molecule is O=C(O)NCCSCCCO. The van der Waals surface area contributed by atoms with Crippen LogP contribution in [0.15, 0.2) is 0 Å². The highest BCUT2D eigenvalue weighted by molar-refractivity contribution is 7.99. The molecule has 0 aliphatic rings. The van der Waals surface area contributed by atoms with E-state index < -0.39 is 6.09 Å². The molecule has 0 aromatic heterocycles. The van der Waals surface area contributed by atoms with Gasteiger partial charge >= 0.3 is 6.09 Å². The van der Waals surface area contributed by atoms with Gasteiger partial charge in [0.25, 0.3) is 0 Å². The molecule has 0 aliphatic carbocycles. The monoisotopic (exact) mass is 179 g/mol. The van der Waals surface area contributed by atoms with Crippen LogP contribution in [0.3, 0.4) is 0 Å². The van der Waals surface area contributed by atoms with Crippen LogP contribution in [0.4, 0.5) is 4.79 Å². The van der Waals surface area contributed by atoms with Gasteiger partial charge in [-0.2, -0.15) is 11.8 Å². The van der Waals surface area contributed by atoms with Crippen molar-refractivity contribution in [1.82, 2.24) is 5.32 Å². The second-order valence-electron chi connectivity index (χ2n) is 1.92. The summed E-state index contributed by atoms with van der Waals surface area (Å²) in [6, 6.07) is 0. The van der Waals surface area contributed by atoms with Gasteiger partial charge in [0.1, 0.15) is 0 Å². The van der Waals surface area contributed by atoms with Gasteiger partial charge in [-0.25, -0.2) is 4.79 Å². The Bertz CT molecular complexity index is 110. The summed E-state index contributed by atoms with van der Waals surface area (Å²) in [7, 11) is 0. The highest BCUT2D eigenvalue weighted by Gasteiger charge is 1.92. The number of carbonyl (C=O) groups is 1. The minimum atomic E-state index is -0.979. The van der Waals surface area contributed by atoms with Crippen LogP contribution in [0.5, 0.6) is 0 Å². The first kappa shape index (κ1) is 10.6. The minimum Gasteiger partial charge on any atom is -0.465 e. The third-order valence-corrected chi connectivity index (χ3v) is 2.04. The molecule has 0 spiro atoms. The predicted molar refractivity (Wildman–Crippen MR) is 45.1 cm³/mol. The number of hydrogen-bond acceptors (Lipinski definition) is 3. The zero-order valence-corrected chi connectivity index (χ0v) is 7.06. The normalized spacial score (nSPS) is 9.55. The Hall–Kier alpha value is -0.420. The zero-order chi connectivity index (χ0) is 8.53. The lowest BCUT2D eigenvalue weighted by Crippen LogP contribution is -2.23. The fraction of sp³-hybridized carbons (Fsp3) is 0.833. The van der Waals surface area contributed by atoms with Crippen LogP contribution in [-0.4, -0.2) is 41.0 Å². The highest BCUT2D eigenvalue weighted by Crippen LogP contribution is 1.99. The molecule has 4 nitrogen and oxygen atoms in total. The van der Waals surface area contributed by atoms with Crippen molar-refractivity contribution in [2.75, 3.05) is 24.7 Å². The maximum absolute atomic E-state index is 9.93. The van der Waals surface area contributed by atoms with Crippen LogP contribution < -0.4 is 5.32 Å². The number of carboxylic acid groups (broad SMARTS) is 1. The number of rotatable bonds is 6. The first-order valence-electron chi connectivity index (χ1n) is 3.42. The third kappa shape index (κ3) is 9.58. The molecule has 66 valence electrons. The number of nitrogens with one attached hydrogen (secondary N) is 1. The molecular formula is C6H13NO3S. The summed E-state index contributed by atoms with van der Waals surface area (Å²) in [5.41, 5.74) is 0. The van der Waals surface area contributed by atoms with E-state index in [1.807, 2.05) is 0 Å². The number of aliphatic hydroxyl groups is 1. The molecule has 0 aromatic carbocycles. The van der Waals surface area contributed by atoms with Crippen molar-refractivity contribution < 1.29 is 15.0 Å². The highest BCUT2D eigenvalue weighted by atomic mass is 32.2. The topological polar surface area (TPSA) is 69.6 Å². The molecule has 0 unspecified atom stereocenters. The molecule has 0 radical (unpaired) electrons. The van der Waals surface area contributed by atoms with Gasteiger partial charge in [-0.05, 0) is 12.2 Å². The van der Waals surface area contributed by atoms with E-state index in [1.165, 1.54) is 0 Å². The maximum atomic E-state index is 9.93. The lowest BCUT2D eigenvalue weighted by molar-refractivity contribution is 0.195. The molecule has 3 N–H and O–H groups in total. The van der Waals surface area contributed by atoms with Crippen LogP contribution >= 0.6 is 11.8 Å². The quantitative estimate of drug-likeness (QED) is 0.515. The van der Waals surface area contributed by atoms with Gasteiger partial charge in [-0.15, -0.1) is 0 Å². The van der Waals surface area contributed by atoms with E-state index >= 15 is 0 Å². The summed E-state index contributed by atoms with van der Waals surface area (Å²) in [4.78, 5) is 9.93. The Balaban J connectivity index is 2.85. The first-order valence-corrected chi connectivity index (χ1v) is 4.58. The predicted octanol–water partition coefficient (Wildman–Crippen LogP) is 0.370. The Morgan fingerprint density at radius 1 is 1.45 bits per heavy atom. The van der Waals surface area contributed by atoms with E-state index in [4.69, 9.17) is 10.2 Å². The van der Waals surface area contributed by atoms with Crippen LogP contribution in [0.1, 0.15) is 6.42 Å². The largest absolute Gasteiger partial charge is 0.465 e. The maximum Gasteiger partial charge on any atom is 0.404 e. The van der Waals surface area contributed by atoms with Crippen LogP contribution in [0.25, 0.3) is 0 Å². The van der Waals surface area contributed by atoms with Gasteiger partial charge in [0.15, 0.2) is 0 Å². The Morgan fingerprint density at radius 3 is 2.73 bits per heavy atom. The van der Waals surface area contributed by atoms with Gasteiger partial charge in [-0.3, -0.25) is 0 Å². The molecule has 0 saturated carbocycles. The lowest BCUT2D eigenvalue weighted by atomic mass is 10.5. The molecule has 0 atom stereocenters. The van der Waals surface area contributed by atoms with Crippen molar-refractivity contribution in [3.8, 4) is 0 Å². The molecule has 11 heavy (non-hydrogen) atoms. The summed E-state index contributed by atoms with van der Waals surface area (Å²) in [6.07, 6.45) is -0.203. The Kier molecular flexibility index (Phi) is 7.39. The Labute approximate surface area is 70.0 Å². The molecule has 0 rings (SSSR count). The summed E-state index contributed by atoms with van der Waals surface area (Å²) in [5, 5.41) is 18.8. The summed E-state index contributed by atoms with van der Waals surface area (Å²) >= 11 is 1.63. The molecular weight excluding hydrogens is 166 g/mol. The van der Waals surface area contributed by atoms with Crippen LogP contribution in [0, 0.1) is 0 Å². The van der Waals surface area contributed by atoms with Gasteiger partial charge < -0.3 is 15.5 Å². The second kappa shape index (κ2) is 7.68. The van der Waals surface area contributed by atoms with E-state index in [1.54, 1.807) is 11.8 Å². The molecule has 0 aromatic rings. The minimum absolute atomic E-state index is 0.208. The fourth-order valence-corrected chi connectivity index (χ4v) is 1.28. The number of thioether (sulfide) groups is 1. The van der Waals surface area contributed by atoms with E-state index in [0.717, 1.165) is 17.9 Å². The van der Waals surface area contributed by atoms with Gasteiger partial charge in [0, 0.05) is 18.9 Å². The smallest absolute Gasteiger partial charge is 0.404 e. The standard InChI is InChI=1S/C6H13NO3S/c8-3-1-4-11-5-2-7-6(9)10/h7-8H,1-5H2,(H,9,10). The van der Waals surface area contributed by atoms with Gasteiger partial charge in [0.05, 0.1) is 0 Å². The van der Waals surface area contributed by atoms with E-state index in [9.17, 15) is 4.79 Å². The molecule has 0 heterocycles. The summed E-state index contributed by atoms with van der Waals surface area (Å²) in [6.45, 7) is 0.685. The number of hydrogen-bond donors (Lipinski definition) is 3. The van der Waals surface area contributed by atoms with E-state index in [-0.39, 0.29) is 6.61 Å². The van der Waals surface area contributed by atoms with Crippen molar-refractivity contribution in [3.63, 3.8) is 0 Å². The number of aliphatic hydroxyl groups excluding tert-OH is 1. The second-order valence-corrected chi connectivity index (χ2v) is 3.15. The zero-order valence-electron chi connectivity index (χ0n) is 6.25. The van der Waals surface area contributed by atoms with Crippen molar-refractivity contribution in [1.29, 1.82) is 0 Å². The van der Waals surface area contributed by atoms with Crippen LogP contribution in [-0.2, 0) is 0 Å². The molecule has 5 heteroatoms. The first-order chi connectivity index (χ1) is 5.27. The Morgan fingerprint density at radius 2 is 2.18 bits per heavy atom. The van der Waals surface area contributed by atoms with Gasteiger partial charge in [0.2, 0.25) is 0 Å². The van der Waals surface area contributed by atoms with E-state index in [2.05, 4.69) is 5.32 Å². The molecule has 0 saturated heterocycles. The number of amides is 1. The average molecular weight is 179 g/mol. The fourth-order valence-electron chi connectivity index (χ4n) is 0.499. The van der Waals surface area contributed by atoms with Crippen molar-refractivity contribution >= 4 is 17.9 Å². The molecule has 0 fully saturated rings. The van der Waals surface area contributed by atoms with Gasteiger partial charge in [-0.1, -0.05) is 0 Å². The molecule has 0 bridgehead atoms.